The molecule has 18 heavy (non-hydrogen) atoms. The van der Waals surface area contributed by atoms with Gasteiger partial charge in [0.25, 0.3) is 0 Å². The molecule has 0 bridgehead atoms. The summed E-state index contributed by atoms with van der Waals surface area (Å²) in [6.07, 6.45) is 1.37. The zero-order chi connectivity index (χ0) is 13.0. The number of carbonyl (C=O) groups is 2. The lowest BCUT2D eigenvalue weighted by molar-refractivity contribution is -0.115. The Hall–Kier alpha value is -2.28. The number of rotatable bonds is 2. The van der Waals surface area contributed by atoms with E-state index in [1.807, 2.05) is 6.07 Å². The van der Waals surface area contributed by atoms with Gasteiger partial charge in [-0.15, -0.1) is 5.10 Å². The molecular weight excluding hydrogens is 252 g/mol. The summed E-state index contributed by atoms with van der Waals surface area (Å²) in [6.45, 7) is 1.31. The van der Waals surface area contributed by atoms with Gasteiger partial charge in [0.2, 0.25) is 5.91 Å². The molecule has 0 saturated heterocycles. The molecule has 0 aliphatic heterocycles. The Balaban J connectivity index is 2.18. The fraction of sp³-hybridized carbons (Fsp3) is 0.0909. The summed E-state index contributed by atoms with van der Waals surface area (Å²) < 4.78 is 3.63. The van der Waals surface area contributed by atoms with Crippen LogP contribution in [-0.4, -0.2) is 21.5 Å². The van der Waals surface area contributed by atoms with Crippen LogP contribution in [0.2, 0.25) is 0 Å². The number of carbonyl (C=O) groups excluding carboxylic acids is 2. The Bertz CT molecular complexity index is 541. The third-order valence-electron chi connectivity index (χ3n) is 2.11. The largest absolute Gasteiger partial charge is 0.333 e. The van der Waals surface area contributed by atoms with Crippen LogP contribution in [0.15, 0.2) is 36.5 Å². The molecule has 0 spiro atoms. The molecule has 92 valence electrons. The molecule has 0 unspecified atom stereocenters. The first-order chi connectivity index (χ1) is 8.68. The standard InChI is InChI=1S/C11H10N4O2S/c1-8(16)15(10-7-12-14-18-10)11(17)13-9-5-3-2-4-6-9/h2-7H,1H3,(H,13,17). The van der Waals surface area contributed by atoms with E-state index >= 15 is 0 Å². The van der Waals surface area contributed by atoms with Crippen molar-refractivity contribution in [2.45, 2.75) is 6.92 Å². The van der Waals surface area contributed by atoms with Gasteiger partial charge in [-0.3, -0.25) is 4.79 Å². The first-order valence-corrected chi connectivity index (χ1v) is 5.90. The summed E-state index contributed by atoms with van der Waals surface area (Å²) in [5.41, 5.74) is 0.617. The Morgan fingerprint density at radius 2 is 2.00 bits per heavy atom. The van der Waals surface area contributed by atoms with Crippen LogP contribution in [0.1, 0.15) is 6.92 Å². The number of amides is 3. The van der Waals surface area contributed by atoms with E-state index in [9.17, 15) is 9.59 Å². The minimum absolute atomic E-state index is 0.385. The maximum absolute atomic E-state index is 12.0. The molecule has 0 radical (unpaired) electrons. The van der Waals surface area contributed by atoms with Gasteiger partial charge in [0, 0.05) is 24.1 Å². The second kappa shape index (κ2) is 5.37. The highest BCUT2D eigenvalue weighted by Gasteiger charge is 2.22. The Labute approximate surface area is 107 Å². The number of hydrogen-bond acceptors (Lipinski definition) is 5. The van der Waals surface area contributed by atoms with Gasteiger partial charge >= 0.3 is 6.03 Å². The predicted octanol–water partition coefficient (Wildman–Crippen LogP) is 2.12. The normalized spacial score (nSPS) is 9.83. The molecule has 1 aromatic carbocycles. The number of nitrogens with zero attached hydrogens (tertiary/aromatic N) is 3. The summed E-state index contributed by atoms with van der Waals surface area (Å²) in [5.74, 6) is -0.394. The van der Waals surface area contributed by atoms with Gasteiger partial charge in [-0.25, -0.2) is 9.69 Å². The lowest BCUT2D eigenvalue weighted by Gasteiger charge is -2.16. The fourth-order valence-corrected chi connectivity index (χ4v) is 1.92. The first kappa shape index (κ1) is 12.2. The smallest absolute Gasteiger partial charge is 0.307 e. The van der Waals surface area contributed by atoms with Gasteiger partial charge in [-0.05, 0) is 12.1 Å². The SMILES string of the molecule is CC(=O)N(C(=O)Nc1ccccc1)c1cnns1. The van der Waals surface area contributed by atoms with Crippen molar-refractivity contribution in [3.63, 3.8) is 0 Å². The van der Waals surface area contributed by atoms with Gasteiger partial charge < -0.3 is 5.32 Å². The van der Waals surface area contributed by atoms with Crippen molar-refractivity contribution >= 4 is 34.2 Å². The zero-order valence-electron chi connectivity index (χ0n) is 9.53. The van der Waals surface area contributed by atoms with E-state index in [4.69, 9.17) is 0 Å². The van der Waals surface area contributed by atoms with Gasteiger partial charge in [0.15, 0.2) is 0 Å². The van der Waals surface area contributed by atoms with Gasteiger partial charge in [0.05, 0.1) is 6.20 Å². The van der Waals surface area contributed by atoms with Crippen molar-refractivity contribution in [1.82, 2.24) is 9.59 Å². The molecule has 0 fully saturated rings. The summed E-state index contributed by atoms with van der Waals surface area (Å²) in [4.78, 5) is 24.5. The quantitative estimate of drug-likeness (QED) is 0.899. The minimum atomic E-state index is -0.528. The van der Waals surface area contributed by atoms with Crippen LogP contribution >= 0.6 is 11.5 Å². The number of para-hydroxylation sites is 1. The Morgan fingerprint density at radius 1 is 1.28 bits per heavy atom. The van der Waals surface area contributed by atoms with E-state index in [1.165, 1.54) is 13.1 Å². The number of aromatic nitrogens is 2. The second-order valence-corrected chi connectivity index (χ2v) is 4.17. The van der Waals surface area contributed by atoms with E-state index < -0.39 is 11.9 Å². The minimum Gasteiger partial charge on any atom is -0.307 e. The maximum Gasteiger partial charge on any atom is 0.333 e. The van der Waals surface area contributed by atoms with Crippen molar-refractivity contribution in [2.75, 3.05) is 10.2 Å². The molecule has 2 rings (SSSR count). The molecule has 0 aliphatic carbocycles. The summed E-state index contributed by atoms with van der Waals surface area (Å²) in [7, 11) is 0. The molecule has 6 nitrogen and oxygen atoms in total. The molecule has 0 aliphatic rings. The summed E-state index contributed by atoms with van der Waals surface area (Å²) >= 11 is 0.981. The van der Waals surface area contributed by atoms with Gasteiger partial charge in [-0.1, -0.05) is 22.7 Å². The lowest BCUT2D eigenvalue weighted by Crippen LogP contribution is -2.38. The summed E-state index contributed by atoms with van der Waals surface area (Å²) in [6, 6.07) is 8.37. The van der Waals surface area contributed by atoms with Crippen LogP contribution in [0.4, 0.5) is 15.5 Å². The molecule has 7 heteroatoms. The Morgan fingerprint density at radius 3 is 2.56 bits per heavy atom. The number of nitrogens with one attached hydrogen (secondary N) is 1. The molecule has 0 atom stereocenters. The monoisotopic (exact) mass is 262 g/mol. The van der Waals surface area contributed by atoms with E-state index in [0.29, 0.717) is 10.7 Å². The van der Waals surface area contributed by atoms with E-state index in [2.05, 4.69) is 14.9 Å². The van der Waals surface area contributed by atoms with Crippen molar-refractivity contribution in [3.8, 4) is 0 Å². The number of anilines is 2. The van der Waals surface area contributed by atoms with E-state index in [1.54, 1.807) is 24.3 Å². The van der Waals surface area contributed by atoms with E-state index in [0.717, 1.165) is 16.4 Å². The molecule has 0 saturated carbocycles. The van der Waals surface area contributed by atoms with Gasteiger partial charge in [0.1, 0.15) is 5.00 Å². The maximum atomic E-state index is 12.0. The van der Waals surface area contributed by atoms with Crippen LogP contribution in [0.3, 0.4) is 0 Å². The van der Waals surface area contributed by atoms with Gasteiger partial charge in [-0.2, -0.15) is 0 Å². The average Bonchev–Trinajstić information content (AvgIpc) is 2.83. The number of imide groups is 1. The lowest BCUT2D eigenvalue weighted by atomic mass is 10.3. The molecule has 1 aromatic heterocycles. The molecule has 1 heterocycles. The fourth-order valence-electron chi connectivity index (χ4n) is 1.36. The third kappa shape index (κ3) is 2.69. The second-order valence-electron chi connectivity index (χ2n) is 3.41. The van der Waals surface area contributed by atoms with Crippen molar-refractivity contribution in [2.24, 2.45) is 0 Å². The van der Waals surface area contributed by atoms with Crippen molar-refractivity contribution in [3.05, 3.63) is 36.5 Å². The van der Waals surface area contributed by atoms with Crippen LogP contribution in [0.25, 0.3) is 0 Å². The topological polar surface area (TPSA) is 75.2 Å². The molecular formula is C11H10N4O2S. The molecule has 3 amide bonds. The Kier molecular flexibility index (Phi) is 3.63. The predicted molar refractivity (Wildman–Crippen MR) is 68.5 cm³/mol. The molecule has 1 N–H and O–H groups in total. The van der Waals surface area contributed by atoms with Crippen LogP contribution < -0.4 is 10.2 Å². The van der Waals surface area contributed by atoms with Crippen molar-refractivity contribution < 1.29 is 9.59 Å². The zero-order valence-corrected chi connectivity index (χ0v) is 10.3. The number of hydrogen-bond donors (Lipinski definition) is 1. The number of benzene rings is 1. The highest BCUT2D eigenvalue weighted by molar-refractivity contribution is 7.10. The number of urea groups is 1. The van der Waals surface area contributed by atoms with Crippen LogP contribution in [-0.2, 0) is 4.79 Å². The average molecular weight is 262 g/mol. The summed E-state index contributed by atoms with van der Waals surface area (Å²) in [5, 5.41) is 6.62. The van der Waals surface area contributed by atoms with Crippen LogP contribution in [0.5, 0.6) is 0 Å². The van der Waals surface area contributed by atoms with E-state index in [-0.39, 0.29) is 0 Å². The van der Waals surface area contributed by atoms with Crippen LogP contribution in [0, 0.1) is 0 Å². The van der Waals surface area contributed by atoms with Crippen molar-refractivity contribution in [1.29, 1.82) is 0 Å². The first-order valence-electron chi connectivity index (χ1n) is 5.12. The highest BCUT2D eigenvalue weighted by atomic mass is 32.1. The highest BCUT2D eigenvalue weighted by Crippen LogP contribution is 2.18. The third-order valence-corrected chi connectivity index (χ3v) is 2.76. The molecule has 2 aromatic rings.